The van der Waals surface area contributed by atoms with Crippen LogP contribution >= 0.6 is 24.0 Å². The number of aliphatic hydroxyl groups excluding tert-OH is 1. The van der Waals surface area contributed by atoms with Crippen molar-refractivity contribution < 1.29 is 34.0 Å². The van der Waals surface area contributed by atoms with Gasteiger partial charge < -0.3 is 24.4 Å². The number of hydrogen-bond donors (Lipinski definition) is 2. The third-order valence-corrected chi connectivity index (χ3v) is 9.50. The number of thiocarbonyl (C=S) groups is 1. The Hall–Kier alpha value is -4.26. The Morgan fingerprint density at radius 1 is 0.936 bits per heavy atom. The molecule has 0 saturated carbocycles. The first-order valence-corrected chi connectivity index (χ1v) is 16.5. The lowest BCUT2D eigenvalue weighted by molar-refractivity contribution is -0.122. The molecular weight excluding hydrogens is 637 g/mol. The van der Waals surface area contributed by atoms with Crippen molar-refractivity contribution in [2.45, 2.75) is 6.42 Å². The number of morpholine rings is 1. The zero-order valence-corrected chi connectivity index (χ0v) is 27.2. The molecule has 0 spiro atoms. The lowest BCUT2D eigenvalue weighted by Crippen LogP contribution is -2.38. The summed E-state index contributed by atoms with van der Waals surface area (Å²) < 4.78 is 17.6. The fourth-order valence-corrected chi connectivity index (χ4v) is 6.86. The van der Waals surface area contributed by atoms with Crippen molar-refractivity contribution in [2.24, 2.45) is 0 Å². The van der Waals surface area contributed by atoms with E-state index in [1.54, 1.807) is 29.2 Å². The first-order valence-electron chi connectivity index (χ1n) is 15.3. The molecular formula is C36H34N2O7S2. The molecule has 0 unspecified atom stereocenters. The van der Waals surface area contributed by atoms with Crippen LogP contribution in [0.25, 0.3) is 28.0 Å². The second-order valence-electron chi connectivity index (χ2n) is 11.1. The summed E-state index contributed by atoms with van der Waals surface area (Å²) in [7, 11) is 0. The molecule has 0 aromatic heterocycles. The first kappa shape index (κ1) is 32.7. The highest BCUT2D eigenvalue weighted by molar-refractivity contribution is 8.26. The number of thioether (sulfide) groups is 1. The molecule has 9 nitrogen and oxygen atoms in total. The molecule has 47 heavy (non-hydrogen) atoms. The van der Waals surface area contributed by atoms with Crippen molar-refractivity contribution in [3.8, 4) is 22.6 Å². The monoisotopic (exact) mass is 670 g/mol. The Labute approximate surface area is 282 Å². The van der Waals surface area contributed by atoms with Crippen LogP contribution in [-0.4, -0.2) is 89.0 Å². The number of carbonyl (C=O) groups is 2. The van der Waals surface area contributed by atoms with Crippen molar-refractivity contribution in [1.82, 2.24) is 9.80 Å². The fourth-order valence-electron chi connectivity index (χ4n) is 5.55. The van der Waals surface area contributed by atoms with E-state index in [1.165, 1.54) is 11.8 Å². The lowest BCUT2D eigenvalue weighted by atomic mass is 9.98. The average molecular weight is 671 g/mol. The van der Waals surface area contributed by atoms with Gasteiger partial charge in [0.15, 0.2) is 6.79 Å². The number of ether oxygens (including phenoxy) is 3. The third kappa shape index (κ3) is 8.01. The van der Waals surface area contributed by atoms with Crippen LogP contribution in [0.5, 0.6) is 11.5 Å². The van der Waals surface area contributed by atoms with Crippen molar-refractivity contribution >= 4 is 57.0 Å². The van der Waals surface area contributed by atoms with Crippen molar-refractivity contribution in [1.29, 1.82) is 0 Å². The van der Waals surface area contributed by atoms with Crippen LogP contribution in [0.15, 0.2) is 83.8 Å². The first-order chi connectivity index (χ1) is 22.9. The van der Waals surface area contributed by atoms with Crippen LogP contribution in [0, 0.1) is 0 Å². The number of amides is 1. The van der Waals surface area contributed by atoms with Gasteiger partial charge in [0.25, 0.3) is 5.91 Å². The minimum Gasteiger partial charge on any atom is -0.492 e. The molecule has 2 saturated heterocycles. The van der Waals surface area contributed by atoms with Crippen LogP contribution in [0.2, 0.25) is 0 Å². The van der Waals surface area contributed by atoms with E-state index in [1.807, 2.05) is 54.6 Å². The molecule has 2 aliphatic heterocycles. The smallest absolute Gasteiger partial charge is 0.335 e. The molecule has 4 aromatic rings. The van der Waals surface area contributed by atoms with Crippen molar-refractivity contribution in [3.63, 3.8) is 0 Å². The molecule has 2 fully saturated rings. The maximum absolute atomic E-state index is 13.4. The largest absolute Gasteiger partial charge is 0.492 e. The fraction of sp³-hybridized carbons (Fsp3) is 0.250. The second-order valence-corrected chi connectivity index (χ2v) is 12.8. The zero-order valence-electron chi connectivity index (χ0n) is 25.6. The maximum atomic E-state index is 13.4. The predicted octanol–water partition coefficient (Wildman–Crippen LogP) is 5.69. The molecule has 2 aliphatic rings. The highest BCUT2D eigenvalue weighted by atomic mass is 32.2. The number of nitrogens with zero attached hydrogens (tertiary/aromatic N) is 2. The Bertz CT molecular complexity index is 1820. The molecule has 0 bridgehead atoms. The van der Waals surface area contributed by atoms with E-state index in [2.05, 4.69) is 11.0 Å². The number of carboxylic acid groups (broad SMARTS) is 1. The Balaban J connectivity index is 1.23. The molecule has 0 aliphatic carbocycles. The van der Waals surface area contributed by atoms with E-state index in [4.69, 9.17) is 36.6 Å². The molecule has 11 heteroatoms. The van der Waals surface area contributed by atoms with Gasteiger partial charge in [-0.3, -0.25) is 14.6 Å². The summed E-state index contributed by atoms with van der Waals surface area (Å²) in [6.45, 7) is 4.57. The van der Waals surface area contributed by atoms with Gasteiger partial charge >= 0.3 is 5.97 Å². The standard InChI is InChI=1S/C36H34N2O7S2/c39-23-45-30-9-8-27-21-29(7-6-28(27)22-30)31-19-25(3-10-32(31)44-18-15-37-13-16-43-17-14-37)20-33-34(40)38(36(46)47-33)12-11-24-1-4-26(5-2-24)35(41)42/h1-10,19-22,39H,11-18,23H2,(H,41,42)/b33-20-. The van der Waals surface area contributed by atoms with Gasteiger partial charge in [0, 0.05) is 31.7 Å². The van der Waals surface area contributed by atoms with E-state index in [-0.39, 0.29) is 18.3 Å². The number of aliphatic hydroxyl groups is 1. The van der Waals surface area contributed by atoms with Gasteiger partial charge in [-0.05, 0) is 82.4 Å². The van der Waals surface area contributed by atoms with E-state index >= 15 is 0 Å². The number of carboxylic acids is 1. The molecule has 0 radical (unpaired) electrons. The van der Waals surface area contributed by atoms with E-state index in [9.17, 15) is 9.59 Å². The van der Waals surface area contributed by atoms with Gasteiger partial charge in [0.2, 0.25) is 0 Å². The van der Waals surface area contributed by atoms with E-state index in [0.717, 1.165) is 71.6 Å². The number of fused-ring (bicyclic) bond motifs is 1. The van der Waals surface area contributed by atoms with Crippen molar-refractivity contribution in [3.05, 3.63) is 100 Å². The number of rotatable bonds is 12. The normalized spacial score (nSPS) is 16.3. The summed E-state index contributed by atoms with van der Waals surface area (Å²) >= 11 is 6.85. The summed E-state index contributed by atoms with van der Waals surface area (Å²) in [5.41, 5.74) is 3.86. The Kier molecular flexibility index (Phi) is 10.5. The summed E-state index contributed by atoms with van der Waals surface area (Å²) in [6.07, 6.45) is 2.41. The van der Waals surface area contributed by atoms with Gasteiger partial charge in [0.1, 0.15) is 22.4 Å². The van der Waals surface area contributed by atoms with Crippen LogP contribution in [0.3, 0.4) is 0 Å². The number of aromatic carboxylic acids is 1. The third-order valence-electron chi connectivity index (χ3n) is 8.12. The van der Waals surface area contributed by atoms with Gasteiger partial charge in [0.05, 0.1) is 23.7 Å². The summed E-state index contributed by atoms with van der Waals surface area (Å²) in [5.74, 6) is 0.214. The molecule has 4 aromatic carbocycles. The Morgan fingerprint density at radius 2 is 1.70 bits per heavy atom. The average Bonchev–Trinajstić information content (AvgIpc) is 3.35. The van der Waals surface area contributed by atoms with Crippen LogP contribution in [-0.2, 0) is 16.0 Å². The zero-order chi connectivity index (χ0) is 32.8. The van der Waals surface area contributed by atoms with Crippen molar-refractivity contribution in [2.75, 3.05) is 52.8 Å². The number of benzene rings is 4. The quantitative estimate of drug-likeness (QED) is 0.111. The number of carbonyl (C=O) groups excluding carboxylic acids is 1. The predicted molar refractivity (Wildman–Crippen MR) is 187 cm³/mol. The van der Waals surface area contributed by atoms with E-state index < -0.39 is 5.97 Å². The summed E-state index contributed by atoms with van der Waals surface area (Å²) in [5, 5.41) is 20.3. The molecule has 2 heterocycles. The molecule has 0 atom stereocenters. The SMILES string of the molecule is O=C(O)c1ccc(CCN2C(=O)/C(=C/c3ccc(OCCN4CCOCC4)c(-c4ccc5cc(OCO)ccc5c4)c3)SC2=S)cc1. The molecule has 6 rings (SSSR count). The maximum Gasteiger partial charge on any atom is 0.335 e. The molecule has 1 amide bonds. The van der Waals surface area contributed by atoms with Gasteiger partial charge in [-0.15, -0.1) is 0 Å². The topological polar surface area (TPSA) is 109 Å². The molecule has 2 N–H and O–H groups in total. The lowest BCUT2D eigenvalue weighted by Gasteiger charge is -2.26. The van der Waals surface area contributed by atoms with Gasteiger partial charge in [-0.2, -0.15) is 0 Å². The highest BCUT2D eigenvalue weighted by Crippen LogP contribution is 2.37. The van der Waals surface area contributed by atoms with Crippen LogP contribution < -0.4 is 9.47 Å². The molecule has 242 valence electrons. The Morgan fingerprint density at radius 3 is 2.47 bits per heavy atom. The van der Waals surface area contributed by atoms with Crippen LogP contribution in [0.4, 0.5) is 0 Å². The summed E-state index contributed by atoms with van der Waals surface area (Å²) in [4.78, 5) is 29.0. The van der Waals surface area contributed by atoms with Gasteiger partial charge in [-0.25, -0.2) is 4.79 Å². The van der Waals surface area contributed by atoms with Gasteiger partial charge in [-0.1, -0.05) is 60.4 Å². The number of hydrogen-bond acceptors (Lipinski definition) is 9. The van der Waals surface area contributed by atoms with E-state index in [0.29, 0.717) is 34.5 Å². The second kappa shape index (κ2) is 15.1. The minimum atomic E-state index is -0.974. The highest BCUT2D eigenvalue weighted by Gasteiger charge is 2.31. The van der Waals surface area contributed by atoms with Crippen LogP contribution in [0.1, 0.15) is 21.5 Å². The minimum absolute atomic E-state index is 0.152. The summed E-state index contributed by atoms with van der Waals surface area (Å²) in [6, 6.07) is 24.4.